The van der Waals surface area contributed by atoms with Crippen LogP contribution < -0.4 is 25.8 Å². The number of nitrogens with one attached hydrogen (secondary N) is 3. The van der Waals surface area contributed by atoms with E-state index in [2.05, 4.69) is 21.2 Å². The van der Waals surface area contributed by atoms with Crippen LogP contribution in [-0.4, -0.2) is 42.6 Å². The number of amidine groups is 1. The molecule has 0 aromatic heterocycles. The first-order chi connectivity index (χ1) is 15.4. The maximum Gasteiger partial charge on any atom is 0.241 e. The number of fused-ring (bicyclic) bond motifs is 1. The van der Waals surface area contributed by atoms with Crippen LogP contribution in [0.2, 0.25) is 10.0 Å². The summed E-state index contributed by atoms with van der Waals surface area (Å²) in [6.45, 7) is 0.418. The monoisotopic (exact) mass is 497 g/mol. The fourth-order valence-corrected chi connectivity index (χ4v) is 4.56. The molecule has 0 spiro atoms. The summed E-state index contributed by atoms with van der Waals surface area (Å²) in [6, 6.07) is 8.92. The maximum absolute atomic E-state index is 14.0. The van der Waals surface area contributed by atoms with Crippen LogP contribution in [0.25, 0.3) is 0 Å². The predicted octanol–water partition coefficient (Wildman–Crippen LogP) is 3.27. The standard InChI is InChI=1S/C20H18Cl2FN5O3S/c1-31-16-5-3-11(7-13(16)22)28-19(30)12-8-24-27-18(12)26-20(28)32-9-17(29)25-15-4-2-10(21)6-14(15)23/h2-7,12,18,24,27H,8-9H2,1H3,(H,25,29). The second-order valence-electron chi connectivity index (χ2n) is 6.94. The summed E-state index contributed by atoms with van der Waals surface area (Å²) in [5.74, 6) is -1.32. The van der Waals surface area contributed by atoms with Crippen LogP contribution in [0.1, 0.15) is 0 Å². The van der Waals surface area contributed by atoms with Gasteiger partial charge in [-0.25, -0.2) is 14.8 Å². The lowest BCUT2D eigenvalue weighted by Gasteiger charge is -2.32. The van der Waals surface area contributed by atoms with Crippen molar-refractivity contribution in [2.75, 3.05) is 29.6 Å². The minimum absolute atomic E-state index is 0.0159. The zero-order valence-electron chi connectivity index (χ0n) is 16.7. The number of methoxy groups -OCH3 is 1. The third-order valence-corrected chi connectivity index (χ3v) is 6.35. The number of hydrogen-bond donors (Lipinski definition) is 3. The topological polar surface area (TPSA) is 95.1 Å². The van der Waals surface area contributed by atoms with Gasteiger partial charge < -0.3 is 10.1 Å². The van der Waals surface area contributed by atoms with Crippen LogP contribution in [0.4, 0.5) is 15.8 Å². The number of anilines is 2. The summed E-state index contributed by atoms with van der Waals surface area (Å²) < 4.78 is 19.1. The molecule has 2 aromatic rings. The van der Waals surface area contributed by atoms with Crippen molar-refractivity contribution in [2.45, 2.75) is 6.17 Å². The van der Waals surface area contributed by atoms with Crippen molar-refractivity contribution in [1.82, 2.24) is 10.9 Å². The number of halogens is 3. The Bertz CT molecular complexity index is 1100. The van der Waals surface area contributed by atoms with Crippen molar-refractivity contribution in [3.8, 4) is 5.75 Å². The summed E-state index contributed by atoms with van der Waals surface area (Å²) in [5.41, 5.74) is 6.40. The molecule has 32 heavy (non-hydrogen) atoms. The lowest BCUT2D eigenvalue weighted by Crippen LogP contribution is -2.49. The van der Waals surface area contributed by atoms with Crippen molar-refractivity contribution in [2.24, 2.45) is 10.9 Å². The molecule has 0 radical (unpaired) electrons. The molecule has 2 atom stereocenters. The summed E-state index contributed by atoms with van der Waals surface area (Å²) in [6.07, 6.45) is -0.452. The predicted molar refractivity (Wildman–Crippen MR) is 124 cm³/mol. The van der Waals surface area contributed by atoms with Crippen molar-refractivity contribution < 1.29 is 18.7 Å². The number of rotatable bonds is 5. The van der Waals surface area contributed by atoms with Gasteiger partial charge in [0.25, 0.3) is 0 Å². The van der Waals surface area contributed by atoms with Gasteiger partial charge in [-0.1, -0.05) is 35.0 Å². The van der Waals surface area contributed by atoms with Gasteiger partial charge in [0.05, 0.1) is 35.2 Å². The fourth-order valence-electron chi connectivity index (χ4n) is 3.31. The average Bonchev–Trinajstić information content (AvgIpc) is 3.23. The number of ether oxygens (including phenoxy) is 1. The number of carbonyl (C=O) groups is 2. The molecule has 1 fully saturated rings. The molecule has 12 heteroatoms. The number of amides is 2. The van der Waals surface area contributed by atoms with Crippen LogP contribution in [0.5, 0.6) is 5.75 Å². The molecular weight excluding hydrogens is 480 g/mol. The first-order valence-corrected chi connectivity index (χ1v) is 11.2. The van der Waals surface area contributed by atoms with Gasteiger partial charge >= 0.3 is 0 Å². The number of hydrazine groups is 1. The van der Waals surface area contributed by atoms with E-state index in [0.717, 1.165) is 17.8 Å². The lowest BCUT2D eigenvalue weighted by molar-refractivity contribution is -0.121. The van der Waals surface area contributed by atoms with E-state index in [1.54, 1.807) is 18.2 Å². The van der Waals surface area contributed by atoms with E-state index >= 15 is 0 Å². The summed E-state index contributed by atoms with van der Waals surface area (Å²) in [5, 5.41) is 3.38. The minimum Gasteiger partial charge on any atom is -0.495 e. The van der Waals surface area contributed by atoms with Gasteiger partial charge in [0.15, 0.2) is 5.17 Å². The highest BCUT2D eigenvalue weighted by Crippen LogP contribution is 2.34. The molecular formula is C20H18Cl2FN5O3S. The fraction of sp³-hybridized carbons (Fsp3) is 0.250. The van der Waals surface area contributed by atoms with Gasteiger partial charge in [0.1, 0.15) is 17.7 Å². The highest BCUT2D eigenvalue weighted by molar-refractivity contribution is 8.14. The third-order valence-electron chi connectivity index (χ3n) is 4.86. The van der Waals surface area contributed by atoms with Crippen molar-refractivity contribution in [1.29, 1.82) is 0 Å². The quantitative estimate of drug-likeness (QED) is 0.586. The molecule has 168 valence electrons. The van der Waals surface area contributed by atoms with E-state index in [1.165, 1.54) is 24.1 Å². The first kappa shape index (κ1) is 22.8. The maximum atomic E-state index is 14.0. The number of carbonyl (C=O) groups excluding carboxylic acids is 2. The minimum atomic E-state index is -0.639. The van der Waals surface area contributed by atoms with E-state index in [9.17, 15) is 14.0 Å². The van der Waals surface area contributed by atoms with Crippen molar-refractivity contribution in [3.05, 3.63) is 52.3 Å². The normalized spacial score (nSPS) is 20.1. The molecule has 1 saturated heterocycles. The zero-order chi connectivity index (χ0) is 22.8. The molecule has 3 N–H and O–H groups in total. The second-order valence-corrected chi connectivity index (χ2v) is 8.73. The van der Waals surface area contributed by atoms with Crippen LogP contribution in [0, 0.1) is 11.7 Å². The Morgan fingerprint density at radius 3 is 2.88 bits per heavy atom. The highest BCUT2D eigenvalue weighted by Gasteiger charge is 2.42. The molecule has 2 unspecified atom stereocenters. The molecule has 2 amide bonds. The van der Waals surface area contributed by atoms with E-state index in [1.807, 2.05) is 0 Å². The van der Waals surface area contributed by atoms with Gasteiger partial charge in [-0.15, -0.1) is 0 Å². The SMILES string of the molecule is COc1ccc(N2C(=O)C3CNNC3N=C2SCC(=O)Nc2ccc(Cl)cc2F)cc1Cl. The van der Waals surface area contributed by atoms with Crippen LogP contribution >= 0.6 is 35.0 Å². The lowest BCUT2D eigenvalue weighted by atomic mass is 10.0. The Labute approximate surface area is 197 Å². The largest absolute Gasteiger partial charge is 0.495 e. The third kappa shape index (κ3) is 4.69. The smallest absolute Gasteiger partial charge is 0.241 e. The number of nitrogens with zero attached hydrogens (tertiary/aromatic N) is 2. The molecule has 2 aromatic carbocycles. The van der Waals surface area contributed by atoms with E-state index in [4.69, 9.17) is 27.9 Å². The Morgan fingerprint density at radius 1 is 1.34 bits per heavy atom. The Hall–Kier alpha value is -2.37. The average molecular weight is 498 g/mol. The summed E-state index contributed by atoms with van der Waals surface area (Å²) in [7, 11) is 1.50. The van der Waals surface area contributed by atoms with Gasteiger partial charge in [-0.3, -0.25) is 19.9 Å². The molecule has 8 nitrogen and oxygen atoms in total. The number of benzene rings is 2. The Balaban J connectivity index is 1.54. The molecule has 0 saturated carbocycles. The summed E-state index contributed by atoms with van der Waals surface area (Å²) in [4.78, 5) is 31.7. The van der Waals surface area contributed by atoms with Gasteiger partial charge in [0.2, 0.25) is 11.8 Å². The molecule has 2 aliphatic heterocycles. The number of hydrogen-bond acceptors (Lipinski definition) is 7. The van der Waals surface area contributed by atoms with Crippen LogP contribution in [0.3, 0.4) is 0 Å². The Morgan fingerprint density at radius 2 is 2.16 bits per heavy atom. The molecule has 2 aliphatic rings. The molecule has 4 rings (SSSR count). The highest BCUT2D eigenvalue weighted by atomic mass is 35.5. The second kappa shape index (κ2) is 9.63. The number of thioether (sulfide) groups is 1. The number of aliphatic imine (C=N–C) groups is 1. The van der Waals surface area contributed by atoms with Crippen LogP contribution in [0.15, 0.2) is 41.4 Å². The Kier molecular flexibility index (Phi) is 6.87. The van der Waals surface area contributed by atoms with Gasteiger partial charge in [-0.2, -0.15) is 0 Å². The van der Waals surface area contributed by atoms with Crippen molar-refractivity contribution in [3.63, 3.8) is 0 Å². The molecule has 0 aliphatic carbocycles. The van der Waals surface area contributed by atoms with E-state index < -0.39 is 23.8 Å². The summed E-state index contributed by atoms with van der Waals surface area (Å²) >= 11 is 13.1. The van der Waals surface area contributed by atoms with Gasteiger partial charge in [0, 0.05) is 11.6 Å². The molecule has 0 bridgehead atoms. The zero-order valence-corrected chi connectivity index (χ0v) is 19.0. The first-order valence-electron chi connectivity index (χ1n) is 9.49. The van der Waals surface area contributed by atoms with E-state index in [-0.39, 0.29) is 22.4 Å². The van der Waals surface area contributed by atoms with Gasteiger partial charge in [-0.05, 0) is 36.4 Å². The van der Waals surface area contributed by atoms with E-state index in [0.29, 0.717) is 28.2 Å². The molecule has 2 heterocycles. The van der Waals surface area contributed by atoms with Crippen molar-refractivity contribution >= 4 is 63.3 Å². The van der Waals surface area contributed by atoms with Crippen LogP contribution in [-0.2, 0) is 9.59 Å².